The molecule has 0 unspecified atom stereocenters. The molecule has 0 nitrogen and oxygen atoms in total. The van der Waals surface area contributed by atoms with Crippen molar-refractivity contribution in [2.75, 3.05) is 0 Å². The van der Waals surface area contributed by atoms with Gasteiger partial charge in [0.05, 0.1) is 0 Å². The van der Waals surface area contributed by atoms with Crippen LogP contribution in [0.15, 0.2) is 52.6 Å². The molecule has 0 bridgehead atoms. The first-order valence-electron chi connectivity index (χ1n) is 2.00. The van der Waals surface area contributed by atoms with Crippen LogP contribution >= 0.6 is 0 Å². The van der Waals surface area contributed by atoms with E-state index in [4.69, 9.17) is 0 Å². The Morgan fingerprint density at radius 2 is 0.214 bits per heavy atom. The predicted molar refractivity (Wildman–Crippen MR) is 85.4 cm³/mol. The van der Waals surface area contributed by atoms with Crippen LogP contribution in [0.1, 0.15) is 44.6 Å². The second kappa shape index (κ2) is 1330. The summed E-state index contributed by atoms with van der Waals surface area (Å²) in [5, 5.41) is 0. The fourth-order valence-electron chi connectivity index (χ4n) is 0. The summed E-state index contributed by atoms with van der Waals surface area (Å²) >= 11 is 0. The maximum atomic E-state index is 3.00. The fourth-order valence-corrected chi connectivity index (χ4v) is 0. The molecule has 0 spiro atoms. The molecule has 0 aliphatic rings. The van der Waals surface area contributed by atoms with E-state index in [2.05, 4.69) is 52.6 Å². The molecular weight excluding hydrogens is 168 g/mol. The summed E-state index contributed by atoms with van der Waals surface area (Å²) in [6.45, 7) is 24.0. The van der Waals surface area contributed by atoms with Crippen LogP contribution in [0.4, 0.5) is 0 Å². The van der Waals surface area contributed by atoms with Crippen molar-refractivity contribution in [3.63, 3.8) is 0 Å². The fraction of sp³-hybridized carbons (Fsp3) is 0.429. The molecule has 0 N–H and O–H groups in total. The third kappa shape index (κ3) is 1010. The molecule has 0 amide bonds. The van der Waals surface area contributed by atoms with Crippen LogP contribution in [0, 0.1) is 0 Å². The van der Waals surface area contributed by atoms with Crippen LogP contribution < -0.4 is 0 Å². The van der Waals surface area contributed by atoms with Gasteiger partial charge in [-0.05, 0) is 0 Å². The lowest BCUT2D eigenvalue weighted by atomic mass is 11.3. The lowest BCUT2D eigenvalue weighted by Gasteiger charge is -0.813. The van der Waals surface area contributed by atoms with E-state index >= 15 is 0 Å². The van der Waals surface area contributed by atoms with Gasteiger partial charge in [0.1, 0.15) is 0 Å². The quantitative estimate of drug-likeness (QED) is 0.375. The highest BCUT2D eigenvalue weighted by molar-refractivity contribution is 4.23. The third-order valence-electron chi connectivity index (χ3n) is 0. The monoisotopic (exact) mass is 208 g/mol. The van der Waals surface area contributed by atoms with E-state index in [1.807, 2.05) is 0 Å². The molecule has 0 atom stereocenters. The number of rotatable bonds is 0. The average molecular weight is 208 g/mol. The minimum absolute atomic E-state index is 0. The van der Waals surface area contributed by atoms with Crippen molar-refractivity contribution in [3.05, 3.63) is 52.6 Å². The van der Waals surface area contributed by atoms with Gasteiger partial charge in [-0.15, -0.1) is 52.6 Å². The van der Waals surface area contributed by atoms with E-state index in [0.717, 1.165) is 0 Å². The molecule has 0 heteroatoms. The first kappa shape index (κ1) is 212. The van der Waals surface area contributed by atoms with Gasteiger partial charge in [0, 0.05) is 0 Å². The van der Waals surface area contributed by atoms with Gasteiger partial charge in [-0.2, -0.15) is 0 Å². The number of hydrogen-bond donors (Lipinski definition) is 0. The highest BCUT2D eigenvalue weighted by Gasteiger charge is 0.607. The Morgan fingerprint density at radius 3 is 0.214 bits per heavy atom. The summed E-state index contributed by atoms with van der Waals surface area (Å²) in [7, 11) is 0. The molecule has 0 heterocycles. The minimum atomic E-state index is 0. The highest BCUT2D eigenvalue weighted by atomic mass is 12.7. The zero-order valence-electron chi connectivity index (χ0n) is 5.66. The van der Waals surface area contributed by atoms with Gasteiger partial charge >= 0.3 is 0 Å². The second-order valence-corrected chi connectivity index (χ2v) is 0. The molecule has 0 aliphatic heterocycles. The SMILES string of the molecule is C.C.C.C.C.C.C=C.C=C.C=C.C=C. The van der Waals surface area contributed by atoms with Crippen LogP contribution in [0.5, 0.6) is 0 Å². The normalized spacial score (nSPS) is 1.14. The van der Waals surface area contributed by atoms with E-state index in [1.54, 1.807) is 0 Å². The Kier molecular flexibility index (Phi) is 20100. The van der Waals surface area contributed by atoms with Crippen LogP contribution in [0.25, 0.3) is 0 Å². The Balaban J connectivity index is -0.00000000167. The first-order chi connectivity index (χ1) is 4.00. The van der Waals surface area contributed by atoms with Gasteiger partial charge in [0.2, 0.25) is 0 Å². The van der Waals surface area contributed by atoms with E-state index in [9.17, 15) is 0 Å². The van der Waals surface area contributed by atoms with E-state index in [0.29, 0.717) is 0 Å². The Bertz CT molecular complexity index is 8.00. The summed E-state index contributed by atoms with van der Waals surface area (Å²) in [4.78, 5) is 0. The molecule has 0 radical (unpaired) electrons. The minimum Gasteiger partial charge on any atom is -0.106 e. The van der Waals surface area contributed by atoms with Gasteiger partial charge < -0.3 is 0 Å². The largest absolute Gasteiger partial charge is 0.106 e. The third-order valence-corrected chi connectivity index (χ3v) is 0. The summed E-state index contributed by atoms with van der Waals surface area (Å²) in [5.74, 6) is 0. The van der Waals surface area contributed by atoms with Crippen LogP contribution in [-0.4, -0.2) is 0 Å². The molecule has 0 aromatic heterocycles. The standard InChI is InChI=1S/4C2H4.6CH4/c4*1-2;;;;;;/h4*1-2H2;6*1H4. The van der Waals surface area contributed by atoms with Gasteiger partial charge in [-0.3, -0.25) is 0 Å². The van der Waals surface area contributed by atoms with Crippen LogP contribution in [0.3, 0.4) is 0 Å². The lowest BCUT2D eigenvalue weighted by molar-refractivity contribution is 2.50. The van der Waals surface area contributed by atoms with Crippen molar-refractivity contribution in [3.8, 4) is 0 Å². The Hall–Kier alpha value is -1.04. The Morgan fingerprint density at radius 1 is 0.214 bits per heavy atom. The second-order valence-electron chi connectivity index (χ2n) is 0. The van der Waals surface area contributed by atoms with E-state index in [-0.39, 0.29) is 44.6 Å². The van der Waals surface area contributed by atoms with Crippen molar-refractivity contribution in [2.24, 2.45) is 0 Å². The van der Waals surface area contributed by atoms with E-state index < -0.39 is 0 Å². The maximum Gasteiger partial charge on any atom is -0.0776 e. The highest BCUT2D eigenvalue weighted by Crippen LogP contribution is 0.868. The lowest BCUT2D eigenvalue weighted by Crippen LogP contribution is -0.552. The van der Waals surface area contributed by atoms with Gasteiger partial charge in [0.25, 0.3) is 0 Å². The summed E-state index contributed by atoms with van der Waals surface area (Å²) in [6.07, 6.45) is 0. The molecule has 96 valence electrons. The van der Waals surface area contributed by atoms with Gasteiger partial charge in [-0.25, -0.2) is 0 Å². The first-order valence-corrected chi connectivity index (χ1v) is 2.00. The van der Waals surface area contributed by atoms with Crippen molar-refractivity contribution < 1.29 is 0 Å². The molecule has 0 saturated heterocycles. The summed E-state index contributed by atoms with van der Waals surface area (Å²) < 4.78 is 0. The molecule has 0 rings (SSSR count). The molecular formula is C14H40. The molecule has 0 aromatic rings. The molecule has 0 aliphatic carbocycles. The zero-order valence-corrected chi connectivity index (χ0v) is 5.66. The number of hydrogen-bond acceptors (Lipinski definition) is 0. The molecule has 0 saturated carbocycles. The smallest absolute Gasteiger partial charge is 0.0776 e. The van der Waals surface area contributed by atoms with Crippen molar-refractivity contribution >= 4 is 0 Å². The summed E-state index contributed by atoms with van der Waals surface area (Å²) in [5.41, 5.74) is 0. The van der Waals surface area contributed by atoms with Crippen molar-refractivity contribution in [1.29, 1.82) is 0 Å². The van der Waals surface area contributed by atoms with Crippen LogP contribution in [0.2, 0.25) is 0 Å². The predicted octanol–water partition coefficient (Wildman–Crippen LogP) is 7.03. The summed E-state index contributed by atoms with van der Waals surface area (Å²) in [6, 6.07) is 0. The van der Waals surface area contributed by atoms with E-state index in [1.165, 1.54) is 0 Å². The Labute approximate surface area is 97.8 Å². The molecule has 14 heavy (non-hydrogen) atoms. The average Bonchev–Trinajstić information content (AvgIpc) is 2.03. The topological polar surface area (TPSA) is 0 Å². The van der Waals surface area contributed by atoms with Crippen molar-refractivity contribution in [1.82, 2.24) is 0 Å². The van der Waals surface area contributed by atoms with Crippen LogP contribution in [-0.2, 0) is 0 Å². The zero-order chi connectivity index (χ0) is 8.00. The van der Waals surface area contributed by atoms with Gasteiger partial charge in [-0.1, -0.05) is 44.6 Å². The molecule has 0 fully saturated rings. The molecule has 0 aromatic carbocycles. The van der Waals surface area contributed by atoms with Crippen molar-refractivity contribution in [2.45, 2.75) is 44.6 Å². The maximum absolute atomic E-state index is 3.00. The van der Waals surface area contributed by atoms with Gasteiger partial charge in [0.15, 0.2) is 0 Å².